The second kappa shape index (κ2) is 3.97. The average molecular weight is 193 g/mol. The van der Waals surface area contributed by atoms with E-state index in [1.165, 1.54) is 5.01 Å². The van der Waals surface area contributed by atoms with Crippen molar-refractivity contribution >= 4 is 11.8 Å². The minimum atomic E-state index is -0.353. The molecule has 1 saturated heterocycles. The van der Waals surface area contributed by atoms with Gasteiger partial charge in [-0.2, -0.15) is 0 Å². The summed E-state index contributed by atoms with van der Waals surface area (Å²) < 4.78 is 4.74. The van der Waals surface area contributed by atoms with Crippen molar-refractivity contribution in [3.63, 3.8) is 0 Å². The SMILES string of the molecule is O=C1OCCN1NNc1ccccc1. The third-order valence-corrected chi connectivity index (χ3v) is 1.87. The average Bonchev–Trinajstić information content (AvgIpc) is 2.63. The van der Waals surface area contributed by atoms with Crippen molar-refractivity contribution < 1.29 is 9.53 Å². The molecule has 0 unspecified atom stereocenters. The van der Waals surface area contributed by atoms with Gasteiger partial charge in [0.15, 0.2) is 0 Å². The number of nitrogens with one attached hydrogen (secondary N) is 2. The first-order valence-corrected chi connectivity index (χ1v) is 4.37. The van der Waals surface area contributed by atoms with E-state index in [9.17, 15) is 4.79 Å². The van der Waals surface area contributed by atoms with Crippen LogP contribution in [0.2, 0.25) is 0 Å². The van der Waals surface area contributed by atoms with Crippen LogP contribution in [0.4, 0.5) is 10.5 Å². The van der Waals surface area contributed by atoms with Crippen molar-refractivity contribution in [2.45, 2.75) is 0 Å². The molecule has 74 valence electrons. The number of amides is 1. The number of carbonyl (C=O) groups excluding carboxylic acids is 1. The van der Waals surface area contributed by atoms with Gasteiger partial charge in [-0.3, -0.25) is 0 Å². The van der Waals surface area contributed by atoms with Gasteiger partial charge in [0.25, 0.3) is 0 Å². The van der Waals surface area contributed by atoms with E-state index in [0.717, 1.165) is 5.69 Å². The molecule has 14 heavy (non-hydrogen) atoms. The summed E-state index contributed by atoms with van der Waals surface area (Å²) in [5, 5.41) is 1.38. The van der Waals surface area contributed by atoms with Crippen molar-refractivity contribution in [3.8, 4) is 0 Å². The van der Waals surface area contributed by atoms with Crippen molar-refractivity contribution in [1.82, 2.24) is 10.5 Å². The van der Waals surface area contributed by atoms with Gasteiger partial charge in [-0.1, -0.05) is 18.2 Å². The summed E-state index contributed by atoms with van der Waals surface area (Å²) >= 11 is 0. The number of ether oxygens (including phenoxy) is 1. The van der Waals surface area contributed by atoms with Gasteiger partial charge in [0, 0.05) is 0 Å². The minimum Gasteiger partial charge on any atom is -0.446 e. The van der Waals surface area contributed by atoms with Gasteiger partial charge in [0.05, 0.1) is 12.2 Å². The first-order valence-electron chi connectivity index (χ1n) is 4.37. The maximum atomic E-state index is 11.0. The summed E-state index contributed by atoms with van der Waals surface area (Å²) in [6, 6.07) is 9.54. The zero-order valence-corrected chi connectivity index (χ0v) is 7.56. The van der Waals surface area contributed by atoms with Gasteiger partial charge >= 0.3 is 6.09 Å². The first-order chi connectivity index (χ1) is 6.86. The van der Waals surface area contributed by atoms with Gasteiger partial charge in [-0.25, -0.2) is 9.80 Å². The van der Waals surface area contributed by atoms with E-state index >= 15 is 0 Å². The predicted octanol–water partition coefficient (Wildman–Crippen LogP) is 0.970. The van der Waals surface area contributed by atoms with Crippen LogP contribution in [0.1, 0.15) is 0 Å². The molecule has 5 nitrogen and oxygen atoms in total. The van der Waals surface area contributed by atoms with Crippen molar-refractivity contribution in [2.24, 2.45) is 0 Å². The van der Waals surface area contributed by atoms with Gasteiger partial charge in [-0.05, 0) is 12.1 Å². The van der Waals surface area contributed by atoms with Crippen LogP contribution >= 0.6 is 0 Å². The predicted molar refractivity (Wildman–Crippen MR) is 51.3 cm³/mol. The summed E-state index contributed by atoms with van der Waals surface area (Å²) in [5.41, 5.74) is 6.54. The number of hydrazine groups is 2. The molecule has 0 aromatic heterocycles. The van der Waals surface area contributed by atoms with Crippen LogP contribution in [0, 0.1) is 0 Å². The molecule has 1 aromatic rings. The molecule has 1 aromatic carbocycles. The number of hydrogen-bond donors (Lipinski definition) is 2. The van der Waals surface area contributed by atoms with Crippen LogP contribution in [0.5, 0.6) is 0 Å². The Kier molecular flexibility index (Phi) is 2.51. The molecule has 0 bridgehead atoms. The summed E-state index contributed by atoms with van der Waals surface area (Å²) in [4.78, 5) is 11.0. The smallest absolute Gasteiger partial charge is 0.425 e. The molecule has 1 aliphatic rings. The van der Waals surface area contributed by atoms with E-state index in [1.54, 1.807) is 0 Å². The molecule has 1 aliphatic heterocycles. The second-order valence-electron chi connectivity index (χ2n) is 2.87. The van der Waals surface area contributed by atoms with Crippen LogP contribution in [0.25, 0.3) is 0 Å². The maximum Gasteiger partial charge on any atom is 0.425 e. The van der Waals surface area contributed by atoms with Crippen LogP contribution in [-0.2, 0) is 4.74 Å². The molecule has 0 radical (unpaired) electrons. The van der Waals surface area contributed by atoms with Crippen LogP contribution < -0.4 is 11.0 Å². The molecule has 0 atom stereocenters. The van der Waals surface area contributed by atoms with Gasteiger partial charge < -0.3 is 10.2 Å². The molecular weight excluding hydrogens is 182 g/mol. The minimum absolute atomic E-state index is 0.353. The highest BCUT2D eigenvalue weighted by Crippen LogP contribution is 2.04. The van der Waals surface area contributed by atoms with E-state index in [-0.39, 0.29) is 6.09 Å². The van der Waals surface area contributed by atoms with E-state index in [1.807, 2.05) is 30.3 Å². The van der Waals surface area contributed by atoms with Gasteiger partial charge in [-0.15, -0.1) is 5.53 Å². The number of benzene rings is 1. The molecular formula is C9H11N3O2. The van der Waals surface area contributed by atoms with Crippen LogP contribution in [-0.4, -0.2) is 24.3 Å². The number of carbonyl (C=O) groups is 1. The highest BCUT2D eigenvalue weighted by Gasteiger charge is 2.21. The Hall–Kier alpha value is -1.75. The number of hydrogen-bond acceptors (Lipinski definition) is 4. The number of nitrogens with zero attached hydrogens (tertiary/aromatic N) is 1. The molecule has 1 heterocycles. The molecule has 2 N–H and O–H groups in total. The molecule has 1 fully saturated rings. The topological polar surface area (TPSA) is 53.6 Å². The first kappa shape index (κ1) is 8.83. The summed E-state index contributed by atoms with van der Waals surface area (Å²) in [5.74, 6) is 0. The Balaban J connectivity index is 1.85. The highest BCUT2D eigenvalue weighted by molar-refractivity contribution is 5.68. The molecule has 0 spiro atoms. The molecule has 2 rings (SSSR count). The Labute approximate surface area is 81.6 Å². The normalized spacial score (nSPS) is 15.4. The zero-order valence-electron chi connectivity index (χ0n) is 7.56. The van der Waals surface area contributed by atoms with Gasteiger partial charge in [0.2, 0.25) is 0 Å². The Morgan fingerprint density at radius 1 is 1.29 bits per heavy atom. The number of para-hydroxylation sites is 1. The fourth-order valence-electron chi connectivity index (χ4n) is 1.15. The lowest BCUT2D eigenvalue weighted by Gasteiger charge is -2.15. The number of rotatable bonds is 3. The van der Waals surface area contributed by atoms with Crippen molar-refractivity contribution in [3.05, 3.63) is 30.3 Å². The number of anilines is 1. The molecule has 0 aliphatic carbocycles. The van der Waals surface area contributed by atoms with Crippen molar-refractivity contribution in [1.29, 1.82) is 0 Å². The summed E-state index contributed by atoms with van der Waals surface area (Å²) in [6.07, 6.45) is -0.353. The fourth-order valence-corrected chi connectivity index (χ4v) is 1.15. The lowest BCUT2D eigenvalue weighted by molar-refractivity contribution is 0.149. The second-order valence-corrected chi connectivity index (χ2v) is 2.87. The van der Waals surface area contributed by atoms with E-state index < -0.39 is 0 Å². The van der Waals surface area contributed by atoms with Crippen LogP contribution in [0.15, 0.2) is 30.3 Å². The Bertz CT molecular complexity index is 315. The molecule has 0 saturated carbocycles. The lowest BCUT2D eigenvalue weighted by atomic mass is 10.3. The third kappa shape index (κ3) is 1.94. The largest absolute Gasteiger partial charge is 0.446 e. The fraction of sp³-hybridized carbons (Fsp3) is 0.222. The Morgan fingerprint density at radius 3 is 2.71 bits per heavy atom. The van der Waals surface area contributed by atoms with Crippen molar-refractivity contribution in [2.75, 3.05) is 18.6 Å². The van der Waals surface area contributed by atoms with E-state index in [0.29, 0.717) is 13.2 Å². The standard InChI is InChI=1S/C9H11N3O2/c13-9-12(6-7-14-9)11-10-8-4-2-1-3-5-8/h1-5,10-11H,6-7H2. The molecule has 1 amide bonds. The lowest BCUT2D eigenvalue weighted by Crippen LogP contribution is -2.42. The summed E-state index contributed by atoms with van der Waals surface area (Å²) in [6.45, 7) is 0.987. The highest BCUT2D eigenvalue weighted by atomic mass is 16.6. The quantitative estimate of drug-likeness (QED) is 0.702. The molecule has 5 heteroatoms. The van der Waals surface area contributed by atoms with E-state index in [2.05, 4.69) is 11.0 Å². The Morgan fingerprint density at radius 2 is 2.07 bits per heavy atom. The van der Waals surface area contributed by atoms with Gasteiger partial charge in [0.1, 0.15) is 6.61 Å². The van der Waals surface area contributed by atoms with Crippen LogP contribution in [0.3, 0.4) is 0 Å². The van der Waals surface area contributed by atoms with E-state index in [4.69, 9.17) is 4.74 Å². The zero-order chi connectivity index (χ0) is 9.80. The number of cyclic esters (lactones) is 1. The third-order valence-electron chi connectivity index (χ3n) is 1.87. The monoisotopic (exact) mass is 193 g/mol. The summed E-state index contributed by atoms with van der Waals surface area (Å²) in [7, 11) is 0. The maximum absolute atomic E-state index is 11.0.